The second-order valence-electron chi connectivity index (χ2n) is 5.61. The largest absolute Gasteiger partial charge is 0.449 e. The summed E-state index contributed by atoms with van der Waals surface area (Å²) >= 11 is 0. The van der Waals surface area contributed by atoms with Crippen LogP contribution in [-0.4, -0.2) is 30.4 Å². The van der Waals surface area contributed by atoms with Crippen LogP contribution in [0.4, 0.5) is 15.4 Å². The number of aromatic nitrogens is 1. The highest BCUT2D eigenvalue weighted by Gasteiger charge is 2.29. The van der Waals surface area contributed by atoms with Crippen LogP contribution in [0.25, 0.3) is 10.8 Å². The molecular weight excluding hydrogens is 320 g/mol. The Kier molecular flexibility index (Phi) is 5.96. The van der Waals surface area contributed by atoms with Crippen LogP contribution in [0, 0.1) is 13.8 Å². The smallest absolute Gasteiger partial charge is 0.425 e. The van der Waals surface area contributed by atoms with Gasteiger partial charge in [-0.1, -0.05) is 6.92 Å². The average molecular weight is 344 g/mol. The normalized spacial score (nSPS) is 10.6. The van der Waals surface area contributed by atoms with E-state index in [2.05, 4.69) is 11.9 Å². The van der Waals surface area contributed by atoms with Crippen molar-refractivity contribution in [2.75, 3.05) is 18.1 Å². The summed E-state index contributed by atoms with van der Waals surface area (Å²) in [5.74, 6) is 0.225. The van der Waals surface area contributed by atoms with Gasteiger partial charge >= 0.3 is 12.2 Å². The van der Waals surface area contributed by atoms with E-state index in [0.717, 1.165) is 33.2 Å². The van der Waals surface area contributed by atoms with Crippen LogP contribution < -0.4 is 4.90 Å². The minimum absolute atomic E-state index is 0.150. The van der Waals surface area contributed by atoms with Crippen LogP contribution in [0.2, 0.25) is 0 Å². The van der Waals surface area contributed by atoms with E-state index in [1.165, 1.54) is 5.56 Å². The number of rotatable bonds is 4. The standard InChI is InChI=1S/C19H24N2O4/c1-6-14-12(4)11-16-15(13(14)5)9-10-20-17(16)21(18(22)24-7-2)19(23)25-8-3/h9-11H,6-8H2,1-5H3. The van der Waals surface area contributed by atoms with Crippen LogP contribution in [0.3, 0.4) is 0 Å². The van der Waals surface area contributed by atoms with E-state index in [4.69, 9.17) is 9.47 Å². The Morgan fingerprint density at radius 2 is 1.64 bits per heavy atom. The molecule has 0 spiro atoms. The van der Waals surface area contributed by atoms with Crippen molar-refractivity contribution < 1.29 is 19.1 Å². The van der Waals surface area contributed by atoms with Gasteiger partial charge in [0.2, 0.25) is 0 Å². The predicted molar refractivity (Wildman–Crippen MR) is 97.1 cm³/mol. The molecule has 1 aromatic carbocycles. The quantitative estimate of drug-likeness (QED) is 0.815. The maximum Gasteiger partial charge on any atom is 0.425 e. The van der Waals surface area contributed by atoms with Gasteiger partial charge in [0.05, 0.1) is 13.2 Å². The molecule has 6 heteroatoms. The van der Waals surface area contributed by atoms with E-state index >= 15 is 0 Å². The Labute approximate surface area is 147 Å². The molecule has 134 valence electrons. The lowest BCUT2D eigenvalue weighted by Gasteiger charge is -2.21. The van der Waals surface area contributed by atoms with E-state index in [1.807, 2.05) is 26.0 Å². The topological polar surface area (TPSA) is 68.7 Å². The van der Waals surface area contributed by atoms with Gasteiger partial charge in [-0.05, 0) is 68.3 Å². The lowest BCUT2D eigenvalue weighted by Crippen LogP contribution is -2.38. The van der Waals surface area contributed by atoms with E-state index in [0.29, 0.717) is 0 Å². The van der Waals surface area contributed by atoms with Crippen LogP contribution in [0.15, 0.2) is 18.3 Å². The van der Waals surface area contributed by atoms with Gasteiger partial charge in [0, 0.05) is 11.6 Å². The molecule has 0 N–H and O–H groups in total. The second-order valence-corrected chi connectivity index (χ2v) is 5.61. The van der Waals surface area contributed by atoms with Gasteiger partial charge in [-0.25, -0.2) is 14.6 Å². The van der Waals surface area contributed by atoms with E-state index < -0.39 is 12.2 Å². The fraction of sp³-hybridized carbons (Fsp3) is 0.421. The number of carbonyl (C=O) groups excluding carboxylic acids is 2. The first-order valence-electron chi connectivity index (χ1n) is 8.47. The highest BCUT2D eigenvalue weighted by molar-refractivity contribution is 6.14. The Hall–Kier alpha value is -2.63. The van der Waals surface area contributed by atoms with Crippen LogP contribution >= 0.6 is 0 Å². The lowest BCUT2D eigenvalue weighted by atomic mass is 9.94. The van der Waals surface area contributed by atoms with Crippen molar-refractivity contribution in [1.82, 2.24) is 4.98 Å². The van der Waals surface area contributed by atoms with Gasteiger partial charge in [-0.2, -0.15) is 4.90 Å². The van der Waals surface area contributed by atoms with Crippen molar-refractivity contribution >= 4 is 28.8 Å². The van der Waals surface area contributed by atoms with E-state index in [1.54, 1.807) is 20.0 Å². The highest BCUT2D eigenvalue weighted by atomic mass is 16.6. The maximum absolute atomic E-state index is 12.4. The molecule has 0 aliphatic heterocycles. The fourth-order valence-corrected chi connectivity index (χ4v) is 3.04. The first-order valence-corrected chi connectivity index (χ1v) is 8.47. The zero-order chi connectivity index (χ0) is 18.6. The molecule has 0 atom stereocenters. The van der Waals surface area contributed by atoms with Crippen LogP contribution in [0.1, 0.15) is 37.5 Å². The first kappa shape index (κ1) is 18.7. The van der Waals surface area contributed by atoms with E-state index in [-0.39, 0.29) is 19.0 Å². The molecule has 0 aliphatic carbocycles. The molecule has 0 radical (unpaired) electrons. The van der Waals surface area contributed by atoms with Gasteiger partial charge < -0.3 is 9.47 Å². The summed E-state index contributed by atoms with van der Waals surface area (Å²) in [4.78, 5) is 29.9. The third kappa shape index (κ3) is 3.57. The summed E-state index contributed by atoms with van der Waals surface area (Å²) in [6.07, 6.45) is 0.905. The average Bonchev–Trinajstić information content (AvgIpc) is 2.56. The maximum atomic E-state index is 12.4. The zero-order valence-electron chi connectivity index (χ0n) is 15.4. The van der Waals surface area contributed by atoms with Crippen LogP contribution in [0.5, 0.6) is 0 Å². The van der Waals surface area contributed by atoms with Gasteiger partial charge in [-0.15, -0.1) is 0 Å². The number of ether oxygens (including phenoxy) is 2. The number of carbonyl (C=O) groups is 2. The minimum Gasteiger partial charge on any atom is -0.449 e. The van der Waals surface area contributed by atoms with Gasteiger partial charge in [-0.3, -0.25) is 0 Å². The Morgan fingerprint density at radius 3 is 2.16 bits per heavy atom. The number of hydrogen-bond acceptors (Lipinski definition) is 5. The number of anilines is 1. The van der Waals surface area contributed by atoms with Gasteiger partial charge in [0.15, 0.2) is 5.82 Å². The number of hydrogen-bond donors (Lipinski definition) is 0. The molecule has 0 saturated carbocycles. The van der Waals surface area contributed by atoms with Crippen molar-refractivity contribution in [2.45, 2.75) is 41.0 Å². The molecule has 0 saturated heterocycles. The number of aryl methyl sites for hydroxylation is 2. The zero-order valence-corrected chi connectivity index (χ0v) is 15.4. The van der Waals surface area contributed by atoms with Crippen molar-refractivity contribution in [3.05, 3.63) is 35.0 Å². The molecule has 0 bridgehead atoms. The summed E-state index contributed by atoms with van der Waals surface area (Å²) < 4.78 is 10.1. The molecule has 2 amide bonds. The number of fused-ring (bicyclic) bond motifs is 1. The van der Waals surface area contributed by atoms with Crippen molar-refractivity contribution in [3.8, 4) is 0 Å². The molecule has 2 rings (SSSR count). The van der Waals surface area contributed by atoms with Crippen molar-refractivity contribution in [3.63, 3.8) is 0 Å². The molecule has 2 aromatic rings. The Balaban J connectivity index is 2.71. The molecule has 0 unspecified atom stereocenters. The number of amides is 2. The Bertz CT molecular complexity index is 784. The number of pyridine rings is 1. The molecule has 6 nitrogen and oxygen atoms in total. The molecular formula is C19H24N2O4. The first-order chi connectivity index (χ1) is 12.0. The van der Waals surface area contributed by atoms with Crippen molar-refractivity contribution in [1.29, 1.82) is 0 Å². The molecule has 0 aliphatic rings. The van der Waals surface area contributed by atoms with Crippen LogP contribution in [-0.2, 0) is 15.9 Å². The summed E-state index contributed by atoms with van der Waals surface area (Å²) in [5.41, 5.74) is 3.46. The third-order valence-electron chi connectivity index (χ3n) is 4.13. The van der Waals surface area contributed by atoms with E-state index in [9.17, 15) is 9.59 Å². The lowest BCUT2D eigenvalue weighted by molar-refractivity contribution is 0.140. The number of nitrogens with zero attached hydrogens (tertiary/aromatic N) is 2. The summed E-state index contributed by atoms with van der Waals surface area (Å²) in [5, 5.41) is 1.67. The molecule has 1 aromatic heterocycles. The summed E-state index contributed by atoms with van der Waals surface area (Å²) in [6, 6.07) is 3.84. The second kappa shape index (κ2) is 7.96. The minimum atomic E-state index is -0.796. The monoisotopic (exact) mass is 344 g/mol. The number of benzene rings is 1. The third-order valence-corrected chi connectivity index (χ3v) is 4.13. The van der Waals surface area contributed by atoms with Crippen molar-refractivity contribution in [2.24, 2.45) is 0 Å². The summed E-state index contributed by atoms with van der Waals surface area (Å²) in [7, 11) is 0. The summed E-state index contributed by atoms with van der Waals surface area (Å²) in [6.45, 7) is 9.82. The Morgan fingerprint density at radius 1 is 1.04 bits per heavy atom. The SMILES string of the molecule is CCOC(=O)N(C(=O)OCC)c1nccc2c(C)c(CC)c(C)cc12. The highest BCUT2D eigenvalue weighted by Crippen LogP contribution is 2.31. The molecule has 0 fully saturated rings. The molecule has 25 heavy (non-hydrogen) atoms. The fourth-order valence-electron chi connectivity index (χ4n) is 3.04. The van der Waals surface area contributed by atoms with Gasteiger partial charge in [0.25, 0.3) is 0 Å². The number of imide groups is 1. The predicted octanol–water partition coefficient (Wildman–Crippen LogP) is 4.53. The molecule has 1 heterocycles. The van der Waals surface area contributed by atoms with Gasteiger partial charge in [0.1, 0.15) is 0 Å².